The lowest BCUT2D eigenvalue weighted by atomic mass is 10.1. The fraction of sp³-hybridized carbons (Fsp3) is 0.263. The van der Waals surface area contributed by atoms with E-state index in [9.17, 15) is 9.59 Å². The van der Waals surface area contributed by atoms with E-state index in [1.807, 2.05) is 30.3 Å². The molecule has 132 valence electrons. The van der Waals surface area contributed by atoms with Crippen LogP contribution in [0, 0.1) is 0 Å². The van der Waals surface area contributed by atoms with Gasteiger partial charge in [0.2, 0.25) is 0 Å². The van der Waals surface area contributed by atoms with Crippen molar-refractivity contribution in [2.24, 2.45) is 0 Å². The number of rotatable bonds is 8. The number of methoxy groups -OCH3 is 1. The molecule has 25 heavy (non-hydrogen) atoms. The molecule has 0 spiro atoms. The second-order valence-corrected chi connectivity index (χ2v) is 6.26. The van der Waals surface area contributed by atoms with Crippen molar-refractivity contribution in [3.8, 4) is 11.5 Å². The number of carbonyl (C=O) groups is 2. The number of hydrogen-bond donors (Lipinski definition) is 1. The first-order chi connectivity index (χ1) is 12.1. The van der Waals surface area contributed by atoms with E-state index >= 15 is 0 Å². The summed E-state index contributed by atoms with van der Waals surface area (Å²) in [6.07, 6.45) is 1.73. The molecule has 6 heteroatoms. The molecule has 2 aromatic carbocycles. The highest BCUT2D eigenvalue weighted by Gasteiger charge is 2.12. The molecule has 0 heterocycles. The predicted molar refractivity (Wildman–Crippen MR) is 98.9 cm³/mol. The number of nitrogens with one attached hydrogen (secondary N) is 1. The van der Waals surface area contributed by atoms with Gasteiger partial charge in [0.15, 0.2) is 0 Å². The molecule has 0 fully saturated rings. The average Bonchev–Trinajstić information content (AvgIpc) is 2.61. The van der Waals surface area contributed by atoms with E-state index in [0.29, 0.717) is 42.9 Å². The largest absolute Gasteiger partial charge is 0.469 e. The fourth-order valence-electron chi connectivity index (χ4n) is 2.19. The van der Waals surface area contributed by atoms with Gasteiger partial charge in [-0.2, -0.15) is 0 Å². The third kappa shape index (κ3) is 6.23. The van der Waals surface area contributed by atoms with E-state index in [4.69, 9.17) is 4.74 Å². The fourth-order valence-corrected chi connectivity index (χ4v) is 2.57. The van der Waals surface area contributed by atoms with Gasteiger partial charge in [-0.25, -0.2) is 0 Å². The van der Waals surface area contributed by atoms with Crippen LogP contribution in [0.15, 0.2) is 53.0 Å². The summed E-state index contributed by atoms with van der Waals surface area (Å²) >= 11 is 3.39. The van der Waals surface area contributed by atoms with Crippen molar-refractivity contribution in [1.29, 1.82) is 0 Å². The van der Waals surface area contributed by atoms with Crippen LogP contribution in [-0.2, 0) is 9.53 Å². The molecule has 0 saturated carbocycles. The third-order valence-corrected chi connectivity index (χ3v) is 3.97. The van der Waals surface area contributed by atoms with Crippen LogP contribution in [0.2, 0.25) is 0 Å². The number of para-hydroxylation sites is 1. The molecule has 0 saturated heterocycles. The molecule has 0 aliphatic rings. The Balaban J connectivity index is 1.92. The van der Waals surface area contributed by atoms with Gasteiger partial charge >= 0.3 is 5.97 Å². The Labute approximate surface area is 155 Å². The maximum atomic E-state index is 12.4. The minimum Gasteiger partial charge on any atom is -0.469 e. The van der Waals surface area contributed by atoms with Gasteiger partial charge in [-0.3, -0.25) is 9.59 Å². The number of carbonyl (C=O) groups excluding carboxylic acids is 2. The molecule has 2 rings (SSSR count). The van der Waals surface area contributed by atoms with Crippen molar-refractivity contribution in [2.45, 2.75) is 19.3 Å². The van der Waals surface area contributed by atoms with E-state index < -0.39 is 0 Å². The van der Waals surface area contributed by atoms with Crippen molar-refractivity contribution >= 4 is 27.8 Å². The second kappa shape index (κ2) is 9.84. The molecule has 2 aromatic rings. The van der Waals surface area contributed by atoms with E-state index in [-0.39, 0.29) is 11.9 Å². The van der Waals surface area contributed by atoms with Crippen LogP contribution in [0.3, 0.4) is 0 Å². The normalized spacial score (nSPS) is 10.2. The van der Waals surface area contributed by atoms with Crippen LogP contribution < -0.4 is 10.1 Å². The molecule has 0 radical (unpaired) electrons. The highest BCUT2D eigenvalue weighted by molar-refractivity contribution is 9.10. The zero-order valence-corrected chi connectivity index (χ0v) is 15.5. The maximum Gasteiger partial charge on any atom is 0.305 e. The molecule has 1 amide bonds. The summed E-state index contributed by atoms with van der Waals surface area (Å²) < 4.78 is 11.3. The van der Waals surface area contributed by atoms with Gasteiger partial charge in [0, 0.05) is 17.4 Å². The minimum atomic E-state index is -0.237. The number of hydrogen-bond acceptors (Lipinski definition) is 4. The van der Waals surface area contributed by atoms with Crippen molar-refractivity contribution < 1.29 is 19.1 Å². The molecule has 0 aliphatic carbocycles. The monoisotopic (exact) mass is 405 g/mol. The SMILES string of the molecule is COC(=O)CCCCNC(=O)c1ccccc1Oc1cccc(Br)c1. The van der Waals surface area contributed by atoms with Crippen molar-refractivity contribution in [1.82, 2.24) is 5.32 Å². The Hall–Kier alpha value is -2.34. The van der Waals surface area contributed by atoms with E-state index in [1.165, 1.54) is 7.11 Å². The van der Waals surface area contributed by atoms with Crippen LogP contribution in [0.25, 0.3) is 0 Å². The van der Waals surface area contributed by atoms with Crippen molar-refractivity contribution in [3.05, 3.63) is 58.6 Å². The lowest BCUT2D eigenvalue weighted by molar-refractivity contribution is -0.140. The summed E-state index contributed by atoms with van der Waals surface area (Å²) in [4.78, 5) is 23.4. The second-order valence-electron chi connectivity index (χ2n) is 5.34. The first kappa shape index (κ1) is 19.0. The maximum absolute atomic E-state index is 12.4. The molecule has 0 aromatic heterocycles. The quantitative estimate of drug-likeness (QED) is 0.524. The van der Waals surface area contributed by atoms with Crippen molar-refractivity contribution in [3.63, 3.8) is 0 Å². The summed E-state index contributed by atoms with van der Waals surface area (Å²) in [5.41, 5.74) is 0.468. The third-order valence-electron chi connectivity index (χ3n) is 3.48. The first-order valence-electron chi connectivity index (χ1n) is 7.97. The average molecular weight is 406 g/mol. The summed E-state index contributed by atoms with van der Waals surface area (Å²) in [7, 11) is 1.37. The topological polar surface area (TPSA) is 64.6 Å². The van der Waals surface area contributed by atoms with Crippen LogP contribution in [0.5, 0.6) is 11.5 Å². The van der Waals surface area contributed by atoms with Gasteiger partial charge < -0.3 is 14.8 Å². The number of unbranched alkanes of at least 4 members (excludes halogenated alkanes) is 1. The van der Waals surface area contributed by atoms with Gasteiger partial charge in [-0.15, -0.1) is 0 Å². The first-order valence-corrected chi connectivity index (χ1v) is 8.77. The van der Waals surface area contributed by atoms with E-state index in [1.54, 1.807) is 18.2 Å². The molecular formula is C19H20BrNO4. The van der Waals surface area contributed by atoms with Crippen LogP contribution in [0.1, 0.15) is 29.6 Å². The summed E-state index contributed by atoms with van der Waals surface area (Å²) in [5, 5.41) is 2.85. The summed E-state index contributed by atoms with van der Waals surface area (Å²) in [5.74, 6) is 0.697. The number of amides is 1. The molecule has 0 unspecified atom stereocenters. The van der Waals surface area contributed by atoms with Crippen molar-refractivity contribution in [2.75, 3.05) is 13.7 Å². The predicted octanol–water partition coefficient (Wildman–Crippen LogP) is 4.31. The Morgan fingerprint density at radius 2 is 1.88 bits per heavy atom. The zero-order valence-electron chi connectivity index (χ0n) is 14.0. The van der Waals surface area contributed by atoms with Crippen LogP contribution in [-0.4, -0.2) is 25.5 Å². The Morgan fingerprint density at radius 3 is 2.64 bits per heavy atom. The summed E-state index contributed by atoms with van der Waals surface area (Å²) in [6.45, 7) is 0.487. The molecule has 0 bridgehead atoms. The van der Waals surface area contributed by atoms with Gasteiger partial charge in [-0.1, -0.05) is 34.1 Å². The molecule has 1 N–H and O–H groups in total. The Kier molecular flexibility index (Phi) is 7.47. The number of benzene rings is 2. The van der Waals surface area contributed by atoms with Gasteiger partial charge in [0.1, 0.15) is 11.5 Å². The van der Waals surface area contributed by atoms with Gasteiger partial charge in [0.25, 0.3) is 5.91 Å². The Bertz CT molecular complexity index is 733. The zero-order chi connectivity index (χ0) is 18.1. The highest BCUT2D eigenvalue weighted by atomic mass is 79.9. The van der Waals surface area contributed by atoms with Gasteiger partial charge in [0.05, 0.1) is 12.7 Å². The molecule has 5 nitrogen and oxygen atoms in total. The molecular weight excluding hydrogens is 386 g/mol. The number of halogens is 1. The lowest BCUT2D eigenvalue weighted by Gasteiger charge is -2.11. The molecule has 0 aliphatic heterocycles. The van der Waals surface area contributed by atoms with Gasteiger partial charge in [-0.05, 0) is 43.2 Å². The van der Waals surface area contributed by atoms with Crippen LogP contribution >= 0.6 is 15.9 Å². The van der Waals surface area contributed by atoms with E-state index in [0.717, 1.165) is 4.47 Å². The van der Waals surface area contributed by atoms with Crippen LogP contribution in [0.4, 0.5) is 0 Å². The highest BCUT2D eigenvalue weighted by Crippen LogP contribution is 2.27. The summed E-state index contributed by atoms with van der Waals surface area (Å²) in [6, 6.07) is 14.5. The lowest BCUT2D eigenvalue weighted by Crippen LogP contribution is -2.25. The Morgan fingerprint density at radius 1 is 1.08 bits per heavy atom. The number of esters is 1. The van der Waals surface area contributed by atoms with E-state index in [2.05, 4.69) is 26.0 Å². The number of ether oxygens (including phenoxy) is 2. The standard InChI is InChI=1S/C19H20BrNO4/c1-24-18(22)11-4-5-12-21-19(23)16-9-2-3-10-17(16)25-15-8-6-7-14(20)13-15/h2-3,6-10,13H,4-5,11-12H2,1H3,(H,21,23). The molecule has 0 atom stereocenters. The minimum absolute atomic E-state index is 0.205. The smallest absolute Gasteiger partial charge is 0.305 e.